The van der Waals surface area contributed by atoms with E-state index in [1.54, 1.807) is 12.1 Å². The molecule has 152 valence electrons. The van der Waals surface area contributed by atoms with Crippen LogP contribution >= 0.6 is 11.6 Å². The molecule has 7 heteroatoms. The van der Waals surface area contributed by atoms with Crippen LogP contribution in [0.4, 0.5) is 0 Å². The number of nitrogens with zero attached hydrogens (tertiary/aromatic N) is 1. The fraction of sp³-hybridized carbons (Fsp3) is 0.318. The smallest absolute Gasteiger partial charge is 0.323 e. The summed E-state index contributed by atoms with van der Waals surface area (Å²) in [6, 6.07) is 13.7. The van der Waals surface area contributed by atoms with Gasteiger partial charge in [0, 0.05) is 28.7 Å². The zero-order valence-corrected chi connectivity index (χ0v) is 16.4. The highest BCUT2D eigenvalue weighted by atomic mass is 35.5. The number of hydroxylamine groups is 2. The molecule has 1 fully saturated rings. The second kappa shape index (κ2) is 9.88. The van der Waals surface area contributed by atoms with Crippen LogP contribution in [0.25, 0.3) is 0 Å². The van der Waals surface area contributed by atoms with Crippen molar-refractivity contribution in [1.29, 1.82) is 0 Å². The van der Waals surface area contributed by atoms with Gasteiger partial charge in [-0.05, 0) is 48.4 Å². The second-order valence-electron chi connectivity index (χ2n) is 6.81. The highest BCUT2D eigenvalue weighted by Gasteiger charge is 2.46. The van der Waals surface area contributed by atoms with Gasteiger partial charge in [-0.15, -0.1) is 0 Å². The molecule has 1 heterocycles. The van der Waals surface area contributed by atoms with Crippen LogP contribution in [-0.4, -0.2) is 51.7 Å². The first kappa shape index (κ1) is 21.3. The third-order valence-corrected chi connectivity index (χ3v) is 5.08. The number of rotatable bonds is 6. The molecular formula is C22H22ClNO5. The first-order valence-corrected chi connectivity index (χ1v) is 9.64. The molecule has 3 atom stereocenters. The molecular weight excluding hydrogens is 394 g/mol. The van der Waals surface area contributed by atoms with Crippen LogP contribution in [0.1, 0.15) is 23.1 Å². The van der Waals surface area contributed by atoms with Gasteiger partial charge in [-0.25, -0.2) is 0 Å². The van der Waals surface area contributed by atoms with E-state index in [2.05, 4.69) is 11.8 Å². The van der Waals surface area contributed by atoms with E-state index in [4.69, 9.17) is 16.4 Å². The largest absolute Gasteiger partial charge is 0.480 e. The van der Waals surface area contributed by atoms with Crippen molar-refractivity contribution in [3.05, 3.63) is 70.2 Å². The van der Waals surface area contributed by atoms with Gasteiger partial charge in [0.25, 0.3) is 0 Å². The van der Waals surface area contributed by atoms with E-state index in [0.29, 0.717) is 5.02 Å². The number of halogens is 1. The monoisotopic (exact) mass is 415 g/mol. The summed E-state index contributed by atoms with van der Waals surface area (Å²) in [6.07, 6.45) is -0.263. The van der Waals surface area contributed by atoms with E-state index < -0.39 is 24.0 Å². The quantitative estimate of drug-likeness (QED) is 0.627. The minimum atomic E-state index is -1.06. The van der Waals surface area contributed by atoms with E-state index >= 15 is 0 Å². The van der Waals surface area contributed by atoms with Crippen molar-refractivity contribution in [2.45, 2.75) is 25.1 Å². The Kier molecular flexibility index (Phi) is 7.26. The topological polar surface area (TPSA) is 90.2 Å². The lowest BCUT2D eigenvalue weighted by Gasteiger charge is -2.21. The molecule has 0 aromatic heterocycles. The molecule has 0 bridgehead atoms. The van der Waals surface area contributed by atoms with Crippen LogP contribution in [0.5, 0.6) is 0 Å². The van der Waals surface area contributed by atoms with Crippen LogP contribution in [0, 0.1) is 17.8 Å². The lowest BCUT2D eigenvalue weighted by atomic mass is 9.94. The Balaban J connectivity index is 1.70. The third kappa shape index (κ3) is 5.36. The Bertz CT molecular complexity index is 888. The average Bonchev–Trinajstić information content (AvgIpc) is 3.06. The number of aliphatic carboxylic acids is 1. The molecule has 3 unspecified atom stereocenters. The maximum Gasteiger partial charge on any atom is 0.323 e. The molecule has 1 saturated heterocycles. The number of carbonyl (C=O) groups is 1. The average molecular weight is 416 g/mol. The standard InChI is InChI=1S/C22H22ClNO5/c23-18-9-7-16(8-10-18)2-1-15-3-5-17(6-4-15)13-24-21(22(27)28)19(14-26)20(29-24)11-12-25/h3-10,19-21,25-26H,11-14H2,(H,27,28). The number of hydrogen-bond acceptors (Lipinski definition) is 5. The van der Waals surface area contributed by atoms with Crippen molar-refractivity contribution < 1.29 is 25.0 Å². The summed E-state index contributed by atoms with van der Waals surface area (Å²) in [6.45, 7) is -0.208. The molecule has 29 heavy (non-hydrogen) atoms. The number of hydrogen-bond donors (Lipinski definition) is 3. The van der Waals surface area contributed by atoms with Gasteiger partial charge in [-0.1, -0.05) is 35.6 Å². The van der Waals surface area contributed by atoms with Crippen molar-refractivity contribution in [2.75, 3.05) is 13.2 Å². The first-order valence-electron chi connectivity index (χ1n) is 9.26. The van der Waals surface area contributed by atoms with Crippen LogP contribution in [0.3, 0.4) is 0 Å². The van der Waals surface area contributed by atoms with Crippen molar-refractivity contribution in [2.24, 2.45) is 5.92 Å². The van der Waals surface area contributed by atoms with Gasteiger partial charge in [0.1, 0.15) is 6.04 Å². The highest BCUT2D eigenvalue weighted by Crippen LogP contribution is 2.31. The SMILES string of the molecule is O=C(O)C1C(CO)C(CCO)ON1Cc1ccc(C#Cc2ccc(Cl)cc2)cc1. The Morgan fingerprint density at radius 2 is 1.62 bits per heavy atom. The van der Waals surface area contributed by atoms with Crippen LogP contribution < -0.4 is 0 Å². The van der Waals surface area contributed by atoms with Crippen LogP contribution in [-0.2, 0) is 16.2 Å². The summed E-state index contributed by atoms with van der Waals surface area (Å²) in [5, 5.41) is 30.4. The number of carboxylic acids is 1. The number of aliphatic hydroxyl groups excluding tert-OH is 2. The molecule has 0 spiro atoms. The molecule has 2 aromatic carbocycles. The summed E-state index contributed by atoms with van der Waals surface area (Å²) >= 11 is 5.87. The minimum absolute atomic E-state index is 0.137. The minimum Gasteiger partial charge on any atom is -0.480 e. The second-order valence-corrected chi connectivity index (χ2v) is 7.25. The Morgan fingerprint density at radius 1 is 1.03 bits per heavy atom. The first-order chi connectivity index (χ1) is 14.0. The van der Waals surface area contributed by atoms with E-state index in [0.717, 1.165) is 16.7 Å². The van der Waals surface area contributed by atoms with Crippen LogP contribution in [0.15, 0.2) is 48.5 Å². The molecule has 3 N–H and O–H groups in total. The van der Waals surface area contributed by atoms with Gasteiger partial charge in [-0.2, -0.15) is 5.06 Å². The summed E-state index contributed by atoms with van der Waals surface area (Å²) < 4.78 is 0. The zero-order chi connectivity index (χ0) is 20.8. The lowest BCUT2D eigenvalue weighted by Crippen LogP contribution is -2.40. The summed E-state index contributed by atoms with van der Waals surface area (Å²) in [5.41, 5.74) is 2.54. The number of carboxylic acid groups (broad SMARTS) is 1. The van der Waals surface area contributed by atoms with Gasteiger partial charge in [0.2, 0.25) is 0 Å². The van der Waals surface area contributed by atoms with Gasteiger partial charge in [0.15, 0.2) is 0 Å². The van der Waals surface area contributed by atoms with Gasteiger partial charge < -0.3 is 15.3 Å². The zero-order valence-electron chi connectivity index (χ0n) is 15.7. The summed E-state index contributed by atoms with van der Waals surface area (Å²) in [5.74, 6) is 4.48. The van der Waals surface area contributed by atoms with Gasteiger partial charge in [-0.3, -0.25) is 9.63 Å². The third-order valence-electron chi connectivity index (χ3n) is 4.83. The van der Waals surface area contributed by atoms with E-state index in [1.807, 2.05) is 36.4 Å². The number of benzene rings is 2. The Morgan fingerprint density at radius 3 is 2.14 bits per heavy atom. The fourth-order valence-electron chi connectivity index (χ4n) is 3.34. The van der Waals surface area contributed by atoms with Gasteiger partial charge >= 0.3 is 5.97 Å². The van der Waals surface area contributed by atoms with E-state index in [1.165, 1.54) is 5.06 Å². The number of aliphatic hydroxyl groups is 2. The molecule has 0 aliphatic carbocycles. The predicted octanol–water partition coefficient (Wildman–Crippen LogP) is 2.30. The Hall–Kier alpha value is -2.40. The highest BCUT2D eigenvalue weighted by molar-refractivity contribution is 6.30. The molecule has 6 nitrogen and oxygen atoms in total. The molecule has 0 amide bonds. The van der Waals surface area contributed by atoms with Crippen molar-refractivity contribution >= 4 is 17.6 Å². The molecule has 1 aliphatic rings. The summed E-state index contributed by atoms with van der Waals surface area (Å²) in [7, 11) is 0. The maximum atomic E-state index is 11.7. The van der Waals surface area contributed by atoms with Crippen LogP contribution in [0.2, 0.25) is 5.02 Å². The van der Waals surface area contributed by atoms with Crippen molar-refractivity contribution in [3.8, 4) is 11.8 Å². The Labute approximate surface area is 174 Å². The maximum absolute atomic E-state index is 11.7. The molecule has 0 radical (unpaired) electrons. The fourth-order valence-corrected chi connectivity index (χ4v) is 3.46. The predicted molar refractivity (Wildman–Crippen MR) is 108 cm³/mol. The lowest BCUT2D eigenvalue weighted by molar-refractivity contribution is -0.184. The van der Waals surface area contributed by atoms with Crippen molar-refractivity contribution in [1.82, 2.24) is 5.06 Å². The van der Waals surface area contributed by atoms with E-state index in [-0.39, 0.29) is 26.2 Å². The summed E-state index contributed by atoms with van der Waals surface area (Å²) in [4.78, 5) is 17.4. The molecule has 1 aliphatic heterocycles. The van der Waals surface area contributed by atoms with Crippen molar-refractivity contribution in [3.63, 3.8) is 0 Å². The van der Waals surface area contributed by atoms with Gasteiger partial charge in [0.05, 0.1) is 19.3 Å². The molecule has 2 aromatic rings. The molecule has 3 rings (SSSR count). The normalized spacial score (nSPS) is 21.6. The molecule has 0 saturated carbocycles. The van der Waals surface area contributed by atoms with E-state index in [9.17, 15) is 20.1 Å².